The van der Waals surface area contributed by atoms with Gasteiger partial charge in [-0.3, -0.25) is 9.59 Å². The zero-order chi connectivity index (χ0) is 15.6. The number of hydrogen-bond donors (Lipinski definition) is 0. The first-order valence-electron chi connectivity index (χ1n) is 6.72. The van der Waals surface area contributed by atoms with Crippen molar-refractivity contribution in [1.82, 2.24) is 0 Å². The highest BCUT2D eigenvalue weighted by atomic mass is 32.2. The second-order valence-corrected chi connectivity index (χ2v) is 6.20. The number of amides is 2. The first kappa shape index (κ1) is 15.8. The molecule has 0 aliphatic carbocycles. The fourth-order valence-electron chi connectivity index (χ4n) is 2.43. The number of hydrogen-bond acceptors (Lipinski definition) is 4. The predicted molar refractivity (Wildman–Crippen MR) is 84.6 cm³/mol. The molecule has 2 rings (SSSR count). The molecule has 0 spiro atoms. The number of nitrogens with zero attached hydrogens (tertiary/aromatic N) is 1. The summed E-state index contributed by atoms with van der Waals surface area (Å²) in [5.74, 6) is -0.316. The van der Waals surface area contributed by atoms with Crippen LogP contribution >= 0.6 is 11.8 Å². The molecule has 2 radical (unpaired) electrons. The van der Waals surface area contributed by atoms with Crippen molar-refractivity contribution in [3.63, 3.8) is 0 Å². The van der Waals surface area contributed by atoms with Gasteiger partial charge >= 0.3 is 0 Å². The van der Waals surface area contributed by atoms with Crippen LogP contribution in [0.4, 0.5) is 5.69 Å². The molecule has 0 N–H and O–H groups in total. The van der Waals surface area contributed by atoms with Gasteiger partial charge in [0, 0.05) is 12.8 Å². The predicted octanol–water partition coefficient (Wildman–Crippen LogP) is 1.87. The molecule has 4 nitrogen and oxygen atoms in total. The number of benzene rings is 1. The van der Waals surface area contributed by atoms with Crippen LogP contribution in [0.2, 0.25) is 0 Å². The van der Waals surface area contributed by atoms with Crippen molar-refractivity contribution < 1.29 is 14.4 Å². The van der Waals surface area contributed by atoms with Crippen molar-refractivity contribution in [3.05, 3.63) is 29.8 Å². The number of carbonyl (C=O) groups is 3. The minimum atomic E-state index is -0.348. The summed E-state index contributed by atoms with van der Waals surface area (Å²) in [4.78, 5) is 36.3. The zero-order valence-corrected chi connectivity index (χ0v) is 12.9. The number of carbonyl (C=O) groups excluding carboxylic acids is 3. The van der Waals surface area contributed by atoms with Gasteiger partial charge in [0.2, 0.25) is 11.8 Å². The van der Waals surface area contributed by atoms with Crippen molar-refractivity contribution in [3.8, 4) is 0 Å². The van der Waals surface area contributed by atoms with Crippen LogP contribution in [-0.2, 0) is 14.4 Å². The standard InChI is InChI=1S/C15H16BNO3S/c1-9(7-13(16)18)10-3-5-11(6-4-10)17-14(19)8-12(21-2)15(17)20/h3-6,9,12H,7-8H2,1-2H3. The zero-order valence-electron chi connectivity index (χ0n) is 12.0. The maximum atomic E-state index is 12.1. The van der Waals surface area contributed by atoms with Gasteiger partial charge < -0.3 is 4.79 Å². The molecule has 108 valence electrons. The summed E-state index contributed by atoms with van der Waals surface area (Å²) in [5, 5.41) is -0.286. The fourth-order valence-corrected chi connectivity index (χ4v) is 3.05. The van der Waals surface area contributed by atoms with Crippen LogP contribution < -0.4 is 4.90 Å². The molecule has 1 fully saturated rings. The van der Waals surface area contributed by atoms with Crippen molar-refractivity contribution in [1.29, 1.82) is 0 Å². The van der Waals surface area contributed by atoms with E-state index in [2.05, 4.69) is 0 Å². The highest BCUT2D eigenvalue weighted by Gasteiger charge is 2.38. The average molecular weight is 301 g/mol. The Morgan fingerprint density at radius 3 is 2.48 bits per heavy atom. The van der Waals surface area contributed by atoms with E-state index in [1.165, 1.54) is 16.7 Å². The lowest BCUT2D eigenvalue weighted by Crippen LogP contribution is -2.31. The van der Waals surface area contributed by atoms with Gasteiger partial charge in [-0.25, -0.2) is 4.90 Å². The topological polar surface area (TPSA) is 54.5 Å². The Kier molecular flexibility index (Phi) is 4.88. The van der Waals surface area contributed by atoms with Crippen LogP contribution in [0.25, 0.3) is 0 Å². The lowest BCUT2D eigenvalue weighted by atomic mass is 9.88. The first-order chi connectivity index (χ1) is 9.93. The normalized spacial score (nSPS) is 19.9. The summed E-state index contributed by atoms with van der Waals surface area (Å²) >= 11 is 1.39. The van der Waals surface area contributed by atoms with Gasteiger partial charge in [0.05, 0.1) is 16.6 Å². The Morgan fingerprint density at radius 1 is 1.38 bits per heavy atom. The molecule has 0 aromatic heterocycles. The smallest absolute Gasteiger partial charge is 0.247 e. The van der Waals surface area contributed by atoms with Crippen LogP contribution in [0.3, 0.4) is 0 Å². The van der Waals surface area contributed by atoms with E-state index in [-0.39, 0.29) is 41.5 Å². The molecular formula is C15H16BNO3S. The SMILES string of the molecule is [B]C(=O)CC(C)c1ccc(N2C(=O)CC(SC)C2=O)cc1. The average Bonchev–Trinajstić information content (AvgIpc) is 2.73. The van der Waals surface area contributed by atoms with Crippen molar-refractivity contribution in [2.75, 3.05) is 11.2 Å². The summed E-state index contributed by atoms with van der Waals surface area (Å²) in [5.41, 5.74) is 1.19. The summed E-state index contributed by atoms with van der Waals surface area (Å²) in [6.45, 7) is 1.91. The minimum Gasteiger partial charge on any atom is -0.313 e. The van der Waals surface area contributed by atoms with E-state index in [9.17, 15) is 14.4 Å². The molecular weight excluding hydrogens is 285 g/mol. The van der Waals surface area contributed by atoms with Crippen LogP contribution in [0.1, 0.15) is 31.2 Å². The molecule has 1 aromatic rings. The molecule has 0 saturated carbocycles. The van der Waals surface area contributed by atoms with Gasteiger partial charge in [0.15, 0.2) is 7.85 Å². The molecule has 1 heterocycles. The van der Waals surface area contributed by atoms with Gasteiger partial charge in [0.25, 0.3) is 0 Å². The summed E-state index contributed by atoms with van der Waals surface area (Å²) in [6, 6.07) is 7.14. The molecule has 1 aliphatic heterocycles. The Bertz CT molecular complexity index is 573. The summed E-state index contributed by atoms with van der Waals surface area (Å²) in [7, 11) is 5.19. The van der Waals surface area contributed by atoms with Gasteiger partial charge in [-0.05, 0) is 29.9 Å². The van der Waals surface area contributed by atoms with Gasteiger partial charge in [-0.15, -0.1) is 0 Å². The lowest BCUT2D eigenvalue weighted by molar-refractivity contribution is -0.121. The molecule has 1 aromatic carbocycles. The van der Waals surface area contributed by atoms with E-state index < -0.39 is 0 Å². The second-order valence-electron chi connectivity index (χ2n) is 5.16. The third-order valence-corrected chi connectivity index (χ3v) is 4.55. The van der Waals surface area contributed by atoms with E-state index in [4.69, 9.17) is 7.85 Å². The Hall–Kier alpha value is -1.56. The fraction of sp³-hybridized carbons (Fsp3) is 0.400. The molecule has 0 bridgehead atoms. The third-order valence-electron chi connectivity index (χ3n) is 3.62. The van der Waals surface area contributed by atoms with Gasteiger partial charge in [-0.2, -0.15) is 11.8 Å². The Morgan fingerprint density at radius 2 is 2.00 bits per heavy atom. The molecule has 1 saturated heterocycles. The van der Waals surface area contributed by atoms with E-state index in [1.54, 1.807) is 12.1 Å². The van der Waals surface area contributed by atoms with Gasteiger partial charge in [-0.1, -0.05) is 19.1 Å². The molecule has 21 heavy (non-hydrogen) atoms. The maximum Gasteiger partial charge on any atom is 0.247 e. The first-order valence-corrected chi connectivity index (χ1v) is 8.00. The van der Waals surface area contributed by atoms with Crippen LogP contribution in [0.15, 0.2) is 24.3 Å². The second kappa shape index (κ2) is 6.47. The quantitative estimate of drug-likeness (QED) is 0.615. The monoisotopic (exact) mass is 301 g/mol. The Balaban J connectivity index is 2.17. The van der Waals surface area contributed by atoms with Crippen LogP contribution in [0.5, 0.6) is 0 Å². The highest BCUT2D eigenvalue weighted by molar-refractivity contribution is 8.00. The number of thioether (sulfide) groups is 1. The Labute approximate surface area is 129 Å². The molecule has 2 unspecified atom stereocenters. The molecule has 1 aliphatic rings. The van der Waals surface area contributed by atoms with Crippen molar-refractivity contribution in [2.24, 2.45) is 0 Å². The number of imide groups is 1. The maximum absolute atomic E-state index is 12.1. The van der Waals surface area contributed by atoms with Crippen LogP contribution in [0, 0.1) is 0 Å². The van der Waals surface area contributed by atoms with Crippen molar-refractivity contribution >= 4 is 42.8 Å². The van der Waals surface area contributed by atoms with Crippen LogP contribution in [-0.4, -0.2) is 36.8 Å². The minimum absolute atomic E-state index is 0.0143. The van der Waals surface area contributed by atoms with E-state index in [0.29, 0.717) is 5.69 Å². The highest BCUT2D eigenvalue weighted by Crippen LogP contribution is 2.29. The molecule has 2 amide bonds. The summed E-state index contributed by atoms with van der Waals surface area (Å²) < 4.78 is 0. The van der Waals surface area contributed by atoms with E-state index >= 15 is 0 Å². The van der Waals surface area contributed by atoms with Gasteiger partial charge in [0.1, 0.15) is 0 Å². The number of rotatable bonds is 5. The third kappa shape index (κ3) is 3.37. The molecule has 6 heteroatoms. The largest absolute Gasteiger partial charge is 0.313 e. The number of anilines is 1. The molecule has 2 atom stereocenters. The lowest BCUT2D eigenvalue weighted by Gasteiger charge is -2.16. The van der Waals surface area contributed by atoms with E-state index in [0.717, 1.165) is 5.56 Å². The van der Waals surface area contributed by atoms with E-state index in [1.807, 2.05) is 25.3 Å². The van der Waals surface area contributed by atoms with Crippen molar-refractivity contribution in [2.45, 2.75) is 30.9 Å². The summed E-state index contributed by atoms with van der Waals surface area (Å²) in [6.07, 6.45) is 2.35.